The zero-order valence-corrected chi connectivity index (χ0v) is 18.6. The molecule has 2 heterocycles. The number of amides is 2. The summed E-state index contributed by atoms with van der Waals surface area (Å²) in [5, 5.41) is 6.91. The Bertz CT molecular complexity index is 1110. The average Bonchev–Trinajstić information content (AvgIpc) is 3.26. The summed E-state index contributed by atoms with van der Waals surface area (Å²) in [7, 11) is 1.71. The van der Waals surface area contributed by atoms with Crippen LogP contribution in [0, 0.1) is 6.92 Å². The van der Waals surface area contributed by atoms with Gasteiger partial charge in [-0.2, -0.15) is 5.10 Å². The van der Waals surface area contributed by atoms with Gasteiger partial charge in [0.05, 0.1) is 18.4 Å². The van der Waals surface area contributed by atoms with Crippen molar-refractivity contribution >= 4 is 17.5 Å². The lowest BCUT2D eigenvalue weighted by Crippen LogP contribution is -2.40. The van der Waals surface area contributed by atoms with E-state index in [1.807, 2.05) is 43.3 Å². The molecule has 0 saturated heterocycles. The first kappa shape index (κ1) is 22.2. The second-order valence-electron chi connectivity index (χ2n) is 7.76. The quantitative estimate of drug-likeness (QED) is 0.567. The van der Waals surface area contributed by atoms with Crippen LogP contribution in [-0.2, 0) is 16.1 Å². The van der Waals surface area contributed by atoms with Gasteiger partial charge in [0.15, 0.2) is 11.5 Å². The molecule has 4 rings (SSSR count). The van der Waals surface area contributed by atoms with Gasteiger partial charge < -0.3 is 24.4 Å². The molecule has 0 aliphatic carbocycles. The van der Waals surface area contributed by atoms with E-state index in [0.29, 0.717) is 30.3 Å². The number of hydrogen-bond donors (Lipinski definition) is 1. The lowest BCUT2D eigenvalue weighted by molar-refractivity contribution is -0.131. The van der Waals surface area contributed by atoms with Gasteiger partial charge in [0.1, 0.15) is 25.5 Å². The molecule has 33 heavy (non-hydrogen) atoms. The minimum atomic E-state index is -0.774. The van der Waals surface area contributed by atoms with Gasteiger partial charge in [-0.3, -0.25) is 14.3 Å². The Morgan fingerprint density at radius 3 is 2.73 bits per heavy atom. The van der Waals surface area contributed by atoms with Crippen LogP contribution in [0.25, 0.3) is 0 Å². The molecule has 1 aromatic heterocycles. The number of nitrogens with one attached hydrogen (secondary N) is 1. The number of para-hydroxylation sites is 2. The van der Waals surface area contributed by atoms with Crippen LogP contribution < -0.4 is 19.5 Å². The topological polar surface area (TPSA) is 94.9 Å². The number of aromatic nitrogens is 2. The fourth-order valence-corrected chi connectivity index (χ4v) is 3.20. The largest absolute Gasteiger partial charge is 0.492 e. The number of aryl methyl sites for hydroxylation is 1. The number of ether oxygens (including phenoxy) is 3. The summed E-state index contributed by atoms with van der Waals surface area (Å²) < 4.78 is 18.4. The Kier molecular flexibility index (Phi) is 6.77. The summed E-state index contributed by atoms with van der Waals surface area (Å²) >= 11 is 0. The highest BCUT2D eigenvalue weighted by Gasteiger charge is 2.27. The van der Waals surface area contributed by atoms with Crippen molar-refractivity contribution in [3.05, 3.63) is 66.5 Å². The summed E-state index contributed by atoms with van der Waals surface area (Å²) in [6.45, 7) is 3.01. The third-order valence-electron chi connectivity index (χ3n) is 5.14. The van der Waals surface area contributed by atoms with Crippen LogP contribution in [0.5, 0.6) is 17.2 Å². The molecule has 1 aliphatic heterocycles. The van der Waals surface area contributed by atoms with Gasteiger partial charge in [0, 0.05) is 13.2 Å². The van der Waals surface area contributed by atoms with Gasteiger partial charge in [0.2, 0.25) is 12.0 Å². The number of likely N-dealkylation sites (N-methyl/N-ethyl adjacent to an activating group) is 1. The normalized spacial score (nSPS) is 14.4. The van der Waals surface area contributed by atoms with Crippen molar-refractivity contribution in [2.24, 2.45) is 0 Å². The second-order valence-corrected chi connectivity index (χ2v) is 7.76. The lowest BCUT2D eigenvalue weighted by Gasteiger charge is -2.25. The summed E-state index contributed by atoms with van der Waals surface area (Å²) in [6.07, 6.45) is 2.32. The number of benzene rings is 2. The molecular weight excluding hydrogens is 424 g/mol. The van der Waals surface area contributed by atoms with Crippen LogP contribution in [0.15, 0.2) is 60.9 Å². The van der Waals surface area contributed by atoms with Crippen LogP contribution >= 0.6 is 0 Å². The van der Waals surface area contributed by atoms with Crippen LogP contribution in [0.4, 0.5) is 5.69 Å². The Hall–Kier alpha value is -4.01. The molecule has 1 atom stereocenters. The van der Waals surface area contributed by atoms with Gasteiger partial charge in [-0.15, -0.1) is 0 Å². The molecule has 0 fully saturated rings. The zero-order valence-electron chi connectivity index (χ0n) is 18.6. The number of nitrogens with zero attached hydrogens (tertiary/aromatic N) is 3. The molecule has 2 amide bonds. The predicted octanol–water partition coefficient (Wildman–Crippen LogP) is 2.51. The predicted molar refractivity (Wildman–Crippen MR) is 122 cm³/mol. The smallest absolute Gasteiger partial charge is 0.269 e. The van der Waals surface area contributed by atoms with Crippen LogP contribution in [0.2, 0.25) is 0 Å². The third-order valence-corrected chi connectivity index (χ3v) is 5.14. The monoisotopic (exact) mass is 450 g/mol. The molecule has 0 saturated carbocycles. The summed E-state index contributed by atoms with van der Waals surface area (Å²) in [5.41, 5.74) is 1.63. The minimum absolute atomic E-state index is 0.0489. The minimum Gasteiger partial charge on any atom is -0.492 e. The van der Waals surface area contributed by atoms with Gasteiger partial charge >= 0.3 is 0 Å². The van der Waals surface area contributed by atoms with Crippen molar-refractivity contribution in [2.45, 2.75) is 19.6 Å². The highest BCUT2D eigenvalue weighted by Crippen LogP contribution is 2.31. The Morgan fingerprint density at radius 1 is 1.18 bits per heavy atom. The zero-order chi connectivity index (χ0) is 23.2. The fourth-order valence-electron chi connectivity index (χ4n) is 3.20. The number of hydrogen-bond acceptors (Lipinski definition) is 6. The summed E-state index contributed by atoms with van der Waals surface area (Å²) in [5.74, 6) is 1.44. The number of fused-ring (bicyclic) bond motifs is 1. The van der Waals surface area contributed by atoms with E-state index in [2.05, 4.69) is 10.4 Å². The first-order valence-corrected chi connectivity index (χ1v) is 10.6. The maximum Gasteiger partial charge on any atom is 0.269 e. The lowest BCUT2D eigenvalue weighted by atomic mass is 10.2. The highest BCUT2D eigenvalue weighted by molar-refractivity contribution is 5.94. The standard InChI is InChI=1S/C24H26N4O5/c1-17-7-9-19(10-8-17)31-12-11-27(2)23(29)15-28-14-18(13-25-28)26-24(30)22-16-32-20-5-3-4-6-21(20)33-22/h3-10,13-14,22H,11-12,15-16H2,1-2H3,(H,26,30)/t22-/m1/s1. The molecule has 1 aliphatic rings. The average molecular weight is 450 g/mol. The van der Waals surface area contributed by atoms with Crippen LogP contribution in [0.1, 0.15) is 5.56 Å². The van der Waals surface area contributed by atoms with Crippen molar-refractivity contribution in [2.75, 3.05) is 32.1 Å². The van der Waals surface area contributed by atoms with Crippen LogP contribution in [-0.4, -0.2) is 59.4 Å². The fraction of sp³-hybridized carbons (Fsp3) is 0.292. The highest BCUT2D eigenvalue weighted by atomic mass is 16.6. The molecule has 0 bridgehead atoms. The van der Waals surface area contributed by atoms with Crippen molar-refractivity contribution in [1.82, 2.24) is 14.7 Å². The van der Waals surface area contributed by atoms with Crippen molar-refractivity contribution in [3.8, 4) is 17.2 Å². The third kappa shape index (κ3) is 5.82. The van der Waals surface area contributed by atoms with Crippen molar-refractivity contribution < 1.29 is 23.8 Å². The molecule has 9 heteroatoms. The molecule has 172 valence electrons. The number of carbonyl (C=O) groups excluding carboxylic acids is 2. The van der Waals surface area contributed by atoms with E-state index in [0.717, 1.165) is 11.3 Å². The summed E-state index contributed by atoms with van der Waals surface area (Å²) in [4.78, 5) is 26.6. The first-order chi connectivity index (χ1) is 16.0. The number of carbonyl (C=O) groups is 2. The summed E-state index contributed by atoms with van der Waals surface area (Å²) in [6, 6.07) is 15.0. The maximum atomic E-state index is 12.5. The molecule has 0 spiro atoms. The molecule has 0 radical (unpaired) electrons. The second kappa shape index (κ2) is 10.1. The molecular formula is C24H26N4O5. The van der Waals surface area contributed by atoms with E-state index in [9.17, 15) is 9.59 Å². The van der Waals surface area contributed by atoms with Gasteiger partial charge in [0.25, 0.3) is 5.91 Å². The molecule has 1 N–H and O–H groups in total. The van der Waals surface area contributed by atoms with E-state index in [1.165, 1.54) is 10.9 Å². The van der Waals surface area contributed by atoms with Gasteiger partial charge in [-0.05, 0) is 31.2 Å². The SMILES string of the molecule is Cc1ccc(OCCN(C)C(=O)Cn2cc(NC(=O)[C@H]3COc4ccccc4O3)cn2)cc1. The molecule has 9 nitrogen and oxygen atoms in total. The Balaban J connectivity index is 1.23. The van der Waals surface area contributed by atoms with E-state index < -0.39 is 6.10 Å². The maximum absolute atomic E-state index is 12.5. The molecule has 0 unspecified atom stereocenters. The van der Waals surface area contributed by atoms with Gasteiger partial charge in [-0.25, -0.2) is 0 Å². The molecule has 3 aromatic rings. The van der Waals surface area contributed by atoms with E-state index >= 15 is 0 Å². The van der Waals surface area contributed by atoms with Gasteiger partial charge in [-0.1, -0.05) is 29.8 Å². The Labute approximate surface area is 191 Å². The molecule has 2 aromatic carbocycles. The number of rotatable bonds is 8. The van der Waals surface area contributed by atoms with Crippen LogP contribution in [0.3, 0.4) is 0 Å². The Morgan fingerprint density at radius 2 is 1.94 bits per heavy atom. The van der Waals surface area contributed by atoms with E-state index in [4.69, 9.17) is 14.2 Å². The number of anilines is 1. The van der Waals surface area contributed by atoms with E-state index in [-0.39, 0.29) is 25.0 Å². The van der Waals surface area contributed by atoms with Crippen molar-refractivity contribution in [3.63, 3.8) is 0 Å². The van der Waals surface area contributed by atoms with Crippen molar-refractivity contribution in [1.29, 1.82) is 0 Å². The van der Waals surface area contributed by atoms with E-state index in [1.54, 1.807) is 30.3 Å². The first-order valence-electron chi connectivity index (χ1n) is 10.6.